The third kappa shape index (κ3) is 3.64. The van der Waals surface area contributed by atoms with E-state index in [2.05, 4.69) is 21.2 Å². The maximum absolute atomic E-state index is 13.4. The van der Waals surface area contributed by atoms with E-state index in [1.54, 1.807) is 18.4 Å². The highest BCUT2D eigenvalue weighted by atomic mass is 32.1. The molecule has 0 atom stereocenters. The fourth-order valence-corrected chi connectivity index (χ4v) is 4.52. The Hall–Kier alpha value is -2.19. The minimum Gasteiger partial charge on any atom is -0.497 e. The van der Waals surface area contributed by atoms with Crippen LogP contribution in [0.4, 0.5) is 5.13 Å². The number of rotatable bonds is 5. The Morgan fingerprint density at radius 3 is 2.74 bits per heavy atom. The Labute approximate surface area is 162 Å². The monoisotopic (exact) mass is 388 g/mol. The average Bonchev–Trinajstić information content (AvgIpc) is 3.10. The number of ether oxygens (including phenoxy) is 2. The van der Waals surface area contributed by atoms with E-state index in [-0.39, 0.29) is 5.91 Å². The van der Waals surface area contributed by atoms with Gasteiger partial charge in [0.2, 0.25) is 11.0 Å². The largest absolute Gasteiger partial charge is 0.497 e. The number of morpholine rings is 1. The number of amides is 1. The highest BCUT2D eigenvalue weighted by Gasteiger charge is 2.52. The summed E-state index contributed by atoms with van der Waals surface area (Å²) in [6.07, 6.45) is 0.689. The average molecular weight is 388 g/mol. The molecule has 1 aromatic heterocycles. The van der Waals surface area contributed by atoms with Gasteiger partial charge in [-0.2, -0.15) is 0 Å². The van der Waals surface area contributed by atoms with Gasteiger partial charge in [0.05, 0.1) is 25.7 Å². The first-order valence-electron chi connectivity index (χ1n) is 9.15. The Bertz CT molecular complexity index is 813. The molecule has 2 aromatic rings. The smallest absolute Gasteiger partial charge is 0.232 e. The molecule has 3 heterocycles. The molecule has 2 aliphatic rings. The van der Waals surface area contributed by atoms with E-state index in [0.717, 1.165) is 21.5 Å². The maximum atomic E-state index is 13.4. The molecule has 0 radical (unpaired) electrons. The van der Waals surface area contributed by atoms with Crippen molar-refractivity contribution in [2.24, 2.45) is 5.41 Å². The topological polar surface area (TPSA) is 67.8 Å². The van der Waals surface area contributed by atoms with E-state index in [0.29, 0.717) is 45.8 Å². The van der Waals surface area contributed by atoms with Gasteiger partial charge in [-0.1, -0.05) is 23.5 Å². The van der Waals surface area contributed by atoms with Crippen LogP contribution in [0.25, 0.3) is 0 Å². The van der Waals surface area contributed by atoms with E-state index in [4.69, 9.17) is 9.47 Å². The summed E-state index contributed by atoms with van der Waals surface area (Å²) in [4.78, 5) is 17.5. The van der Waals surface area contributed by atoms with Gasteiger partial charge >= 0.3 is 0 Å². The van der Waals surface area contributed by atoms with Crippen molar-refractivity contribution in [2.45, 2.75) is 13.3 Å². The van der Waals surface area contributed by atoms with Crippen molar-refractivity contribution in [1.82, 2.24) is 15.1 Å². The number of carbonyl (C=O) groups is 1. The first kappa shape index (κ1) is 18.2. The summed E-state index contributed by atoms with van der Waals surface area (Å²) in [5.74, 6) is 1.03. The Morgan fingerprint density at radius 2 is 2.07 bits per heavy atom. The molecule has 27 heavy (non-hydrogen) atoms. The van der Waals surface area contributed by atoms with Crippen molar-refractivity contribution < 1.29 is 14.3 Å². The van der Waals surface area contributed by atoms with E-state index in [9.17, 15) is 4.79 Å². The molecule has 144 valence electrons. The zero-order valence-corrected chi connectivity index (χ0v) is 16.5. The van der Waals surface area contributed by atoms with Gasteiger partial charge in [-0.15, -0.1) is 10.2 Å². The summed E-state index contributed by atoms with van der Waals surface area (Å²) in [7, 11) is 1.66. The minimum absolute atomic E-state index is 0.214. The van der Waals surface area contributed by atoms with E-state index in [1.807, 2.05) is 30.0 Å². The first-order valence-corrected chi connectivity index (χ1v) is 9.96. The van der Waals surface area contributed by atoms with Crippen LogP contribution in [0.5, 0.6) is 5.75 Å². The summed E-state index contributed by atoms with van der Waals surface area (Å²) >= 11 is 1.57. The standard InChI is InChI=1S/C19H24N4O3S/c1-14-20-21-18(27-14)23-12-19(13-23,17(24)22-6-8-26-9-7-22)11-15-4-3-5-16(10-15)25-2/h3-5,10H,6-9,11-13H2,1-2H3. The van der Waals surface area contributed by atoms with Gasteiger partial charge in [-0.05, 0) is 31.0 Å². The van der Waals surface area contributed by atoms with Crippen LogP contribution in [0.2, 0.25) is 0 Å². The number of nitrogens with zero attached hydrogens (tertiary/aromatic N) is 4. The fourth-order valence-electron chi connectivity index (χ4n) is 3.83. The van der Waals surface area contributed by atoms with Crippen LogP contribution in [0.3, 0.4) is 0 Å². The molecule has 4 rings (SSSR count). The number of hydrogen-bond acceptors (Lipinski definition) is 7. The second-order valence-corrected chi connectivity index (χ2v) is 8.33. The fraction of sp³-hybridized carbons (Fsp3) is 0.526. The van der Waals surface area contributed by atoms with Gasteiger partial charge in [-0.25, -0.2) is 0 Å². The lowest BCUT2D eigenvalue weighted by atomic mass is 9.73. The summed E-state index contributed by atoms with van der Waals surface area (Å²) in [6, 6.07) is 7.99. The molecule has 0 bridgehead atoms. The molecule has 1 amide bonds. The predicted molar refractivity (Wildman–Crippen MR) is 103 cm³/mol. The molecule has 8 heteroatoms. The normalized spacial score (nSPS) is 18.9. The molecule has 0 N–H and O–H groups in total. The Balaban J connectivity index is 1.56. The molecule has 0 saturated carbocycles. The van der Waals surface area contributed by atoms with Gasteiger partial charge in [-0.3, -0.25) is 4.79 Å². The lowest BCUT2D eigenvalue weighted by molar-refractivity contribution is -0.148. The third-order valence-corrected chi connectivity index (χ3v) is 6.10. The molecule has 0 unspecified atom stereocenters. The molecule has 2 fully saturated rings. The number of aryl methyl sites for hydroxylation is 1. The number of hydrogen-bond donors (Lipinski definition) is 0. The van der Waals surface area contributed by atoms with Crippen LogP contribution in [0.1, 0.15) is 10.6 Å². The van der Waals surface area contributed by atoms with Crippen LogP contribution in [0, 0.1) is 12.3 Å². The van der Waals surface area contributed by atoms with Gasteiger partial charge < -0.3 is 19.3 Å². The van der Waals surface area contributed by atoms with Crippen LogP contribution in [0.15, 0.2) is 24.3 Å². The van der Waals surface area contributed by atoms with E-state index >= 15 is 0 Å². The second kappa shape index (κ2) is 7.44. The zero-order chi connectivity index (χ0) is 18.9. The summed E-state index contributed by atoms with van der Waals surface area (Å²) in [5.41, 5.74) is 0.674. The molecule has 2 aliphatic heterocycles. The van der Waals surface area contributed by atoms with Crippen molar-refractivity contribution in [3.63, 3.8) is 0 Å². The molecule has 0 spiro atoms. The number of benzene rings is 1. The zero-order valence-electron chi connectivity index (χ0n) is 15.7. The molecule has 1 aromatic carbocycles. The minimum atomic E-state index is -0.441. The van der Waals surface area contributed by atoms with Gasteiger partial charge in [0, 0.05) is 26.2 Å². The van der Waals surface area contributed by atoms with Crippen molar-refractivity contribution in [1.29, 1.82) is 0 Å². The Kier molecular flexibility index (Phi) is 5.01. The van der Waals surface area contributed by atoms with Crippen molar-refractivity contribution in [2.75, 3.05) is 51.4 Å². The molecular weight excluding hydrogens is 364 g/mol. The first-order chi connectivity index (χ1) is 13.1. The van der Waals surface area contributed by atoms with Crippen LogP contribution >= 0.6 is 11.3 Å². The molecular formula is C19H24N4O3S. The highest BCUT2D eigenvalue weighted by molar-refractivity contribution is 7.15. The lowest BCUT2D eigenvalue weighted by Crippen LogP contribution is -2.66. The Morgan fingerprint density at radius 1 is 1.30 bits per heavy atom. The second-order valence-electron chi connectivity index (χ2n) is 7.17. The van der Waals surface area contributed by atoms with Crippen molar-refractivity contribution >= 4 is 22.4 Å². The van der Waals surface area contributed by atoms with Gasteiger partial charge in [0.15, 0.2) is 0 Å². The number of carbonyl (C=O) groups excluding carboxylic acids is 1. The lowest BCUT2D eigenvalue weighted by Gasteiger charge is -2.51. The SMILES string of the molecule is COc1cccc(CC2(C(=O)N3CCOCC3)CN(c3nnc(C)s3)C2)c1. The third-order valence-electron chi connectivity index (χ3n) is 5.20. The summed E-state index contributed by atoms with van der Waals surface area (Å²) in [5, 5.41) is 10.2. The van der Waals surface area contributed by atoms with Crippen LogP contribution < -0.4 is 9.64 Å². The van der Waals surface area contributed by atoms with Gasteiger partial charge in [0.25, 0.3) is 0 Å². The number of methoxy groups -OCH3 is 1. The quantitative estimate of drug-likeness (QED) is 0.778. The molecule has 0 aliphatic carbocycles. The number of aromatic nitrogens is 2. The molecule has 2 saturated heterocycles. The van der Waals surface area contributed by atoms with E-state index < -0.39 is 5.41 Å². The van der Waals surface area contributed by atoms with E-state index in [1.165, 1.54) is 0 Å². The predicted octanol–water partition coefficient (Wildman–Crippen LogP) is 1.76. The maximum Gasteiger partial charge on any atom is 0.232 e. The van der Waals surface area contributed by atoms with Crippen LogP contribution in [-0.4, -0.2) is 67.5 Å². The van der Waals surface area contributed by atoms with Crippen molar-refractivity contribution in [3.8, 4) is 5.75 Å². The van der Waals surface area contributed by atoms with Crippen LogP contribution in [-0.2, 0) is 16.0 Å². The highest BCUT2D eigenvalue weighted by Crippen LogP contribution is 2.40. The van der Waals surface area contributed by atoms with Crippen molar-refractivity contribution in [3.05, 3.63) is 34.8 Å². The molecule has 7 nitrogen and oxygen atoms in total. The summed E-state index contributed by atoms with van der Waals surface area (Å²) < 4.78 is 10.8. The summed E-state index contributed by atoms with van der Waals surface area (Å²) in [6.45, 7) is 5.82. The van der Waals surface area contributed by atoms with Gasteiger partial charge in [0.1, 0.15) is 10.8 Å². The number of anilines is 1.